The number of unbranched alkanes of at least 4 members (excludes halogenated alkanes) is 3. The Morgan fingerprint density at radius 1 is 0.733 bits per heavy atom. The first-order chi connectivity index (χ1) is 6.68. The molecule has 15 heavy (non-hydrogen) atoms. The van der Waals surface area contributed by atoms with E-state index in [4.69, 9.17) is 0 Å². The summed E-state index contributed by atoms with van der Waals surface area (Å²) in [5.74, 6) is 0. The standard InChI is InChI=1S/3C4H9.K.O.Sn/c3*1-3-4-2;;;/h3*1,3-4H2,2H3;;;/q;;;+1;-1;. The van der Waals surface area contributed by atoms with Gasteiger partial charge in [-0.1, -0.05) is 0 Å². The van der Waals surface area contributed by atoms with Crippen LogP contribution in [0.25, 0.3) is 0 Å². The summed E-state index contributed by atoms with van der Waals surface area (Å²) in [6.45, 7) is 6.60. The Kier molecular flexibility index (Phi) is 16.9. The maximum absolute atomic E-state index is 12.6. The molecule has 0 amide bonds. The fraction of sp³-hybridized carbons (Fsp3) is 1.00. The summed E-state index contributed by atoms with van der Waals surface area (Å²) in [4.78, 5) is 0. The molecule has 86 valence electrons. The molecule has 3 heteroatoms. The second kappa shape index (κ2) is 12.8. The van der Waals surface area contributed by atoms with Crippen molar-refractivity contribution in [3.05, 3.63) is 0 Å². The van der Waals surface area contributed by atoms with Crippen LogP contribution in [0.5, 0.6) is 0 Å². The van der Waals surface area contributed by atoms with E-state index in [0.717, 1.165) is 13.3 Å². The molecular weight excluding hydrogens is 318 g/mol. The average Bonchev–Trinajstić information content (AvgIpc) is 2.21. The Hall–Kier alpha value is 2.40. The summed E-state index contributed by atoms with van der Waals surface area (Å²) in [7, 11) is 0. The summed E-state index contributed by atoms with van der Waals surface area (Å²) >= 11 is -2.81. The predicted octanol–water partition coefficient (Wildman–Crippen LogP) is 0.697. The summed E-state index contributed by atoms with van der Waals surface area (Å²) in [5, 5.41) is 0. The van der Waals surface area contributed by atoms with Crippen molar-refractivity contribution in [1.29, 1.82) is 0 Å². The topological polar surface area (TPSA) is 23.1 Å². The van der Waals surface area contributed by atoms with Crippen molar-refractivity contribution < 1.29 is 54.8 Å². The van der Waals surface area contributed by atoms with E-state index in [0.29, 0.717) is 0 Å². The minimum absolute atomic E-state index is 0. The van der Waals surface area contributed by atoms with E-state index in [-0.39, 0.29) is 51.4 Å². The van der Waals surface area contributed by atoms with Gasteiger partial charge in [-0.3, -0.25) is 0 Å². The third-order valence-electron chi connectivity index (χ3n) is 2.96. The molecule has 0 saturated heterocycles. The maximum Gasteiger partial charge on any atom is 1.00 e. The van der Waals surface area contributed by atoms with E-state index >= 15 is 0 Å². The van der Waals surface area contributed by atoms with Crippen LogP contribution in [-0.2, 0) is 0 Å². The smallest absolute Gasteiger partial charge is 1.00 e. The Bertz CT molecular complexity index is 109. The molecule has 0 aromatic heterocycles. The molecule has 0 fully saturated rings. The van der Waals surface area contributed by atoms with Crippen molar-refractivity contribution in [3.63, 3.8) is 0 Å². The third-order valence-corrected chi connectivity index (χ3v) is 13.8. The Morgan fingerprint density at radius 2 is 1.00 bits per heavy atom. The van der Waals surface area contributed by atoms with Gasteiger partial charge in [0.1, 0.15) is 0 Å². The van der Waals surface area contributed by atoms with Crippen molar-refractivity contribution in [2.45, 2.75) is 72.6 Å². The van der Waals surface area contributed by atoms with Crippen molar-refractivity contribution in [1.82, 2.24) is 0 Å². The van der Waals surface area contributed by atoms with Gasteiger partial charge < -0.3 is 0 Å². The molecule has 0 unspecified atom stereocenters. The molecule has 1 nitrogen and oxygen atoms in total. The number of rotatable bonds is 9. The van der Waals surface area contributed by atoms with Gasteiger partial charge in [0, 0.05) is 0 Å². The van der Waals surface area contributed by atoms with Crippen LogP contribution >= 0.6 is 0 Å². The SMILES string of the molecule is CCC[CH2][Sn]([O-])([CH2]CCC)[CH2]CCC.[K+]. The molecule has 0 atom stereocenters. The van der Waals surface area contributed by atoms with Crippen LogP contribution in [0.2, 0.25) is 13.3 Å². The molecule has 0 bridgehead atoms. The van der Waals surface area contributed by atoms with E-state index in [9.17, 15) is 3.44 Å². The zero-order valence-corrected chi connectivity index (χ0v) is 17.2. The Labute approximate surface area is 144 Å². The Morgan fingerprint density at radius 3 is 1.20 bits per heavy atom. The molecule has 0 rings (SSSR count). The molecule has 0 radical (unpaired) electrons. The average molecular weight is 345 g/mol. The first-order valence-electron chi connectivity index (χ1n) is 6.39. The molecule has 0 spiro atoms. The second-order valence-electron chi connectivity index (χ2n) is 4.49. The minimum Gasteiger partial charge on any atom is 1.00 e. The Balaban J connectivity index is 0. The van der Waals surface area contributed by atoms with Gasteiger partial charge in [0.25, 0.3) is 0 Å². The molecule has 0 aliphatic heterocycles. The molecule has 0 aliphatic rings. The van der Waals surface area contributed by atoms with Crippen LogP contribution in [0.15, 0.2) is 0 Å². The van der Waals surface area contributed by atoms with Crippen molar-refractivity contribution in [2.24, 2.45) is 0 Å². The minimum atomic E-state index is -2.81. The van der Waals surface area contributed by atoms with Gasteiger partial charge in [-0.05, 0) is 0 Å². The van der Waals surface area contributed by atoms with Crippen LogP contribution in [-0.4, -0.2) is 18.8 Å². The fourth-order valence-corrected chi connectivity index (χ4v) is 12.6. The van der Waals surface area contributed by atoms with E-state index in [1.807, 2.05) is 0 Å². The van der Waals surface area contributed by atoms with Crippen molar-refractivity contribution >= 4 is 18.8 Å². The molecule has 0 saturated carbocycles. The summed E-state index contributed by atoms with van der Waals surface area (Å²) in [6, 6.07) is 0. The first-order valence-corrected chi connectivity index (χ1v) is 13.6. The van der Waals surface area contributed by atoms with Crippen LogP contribution < -0.4 is 54.8 Å². The fourth-order valence-electron chi connectivity index (χ4n) is 1.87. The normalized spacial score (nSPS) is 11.2. The molecule has 0 heterocycles. The summed E-state index contributed by atoms with van der Waals surface area (Å²) < 4.78 is 15.9. The maximum atomic E-state index is 12.6. The predicted molar refractivity (Wildman–Crippen MR) is 64.9 cm³/mol. The molecule has 0 aromatic rings. The van der Waals surface area contributed by atoms with Gasteiger partial charge >= 0.3 is 146 Å². The second-order valence-corrected chi connectivity index (χ2v) is 15.5. The van der Waals surface area contributed by atoms with Gasteiger partial charge in [0.05, 0.1) is 0 Å². The van der Waals surface area contributed by atoms with Gasteiger partial charge in [-0.2, -0.15) is 0 Å². The monoisotopic (exact) mass is 346 g/mol. The third kappa shape index (κ3) is 11.2. The van der Waals surface area contributed by atoms with Crippen molar-refractivity contribution in [2.75, 3.05) is 0 Å². The molecule has 0 aromatic carbocycles. The molecular formula is C12H27KOSn. The van der Waals surface area contributed by atoms with E-state index in [1.54, 1.807) is 0 Å². The zero-order chi connectivity index (χ0) is 10.9. The van der Waals surface area contributed by atoms with Gasteiger partial charge in [-0.15, -0.1) is 0 Å². The number of hydrogen-bond donors (Lipinski definition) is 0. The number of hydrogen-bond acceptors (Lipinski definition) is 1. The van der Waals surface area contributed by atoms with Crippen LogP contribution in [0.4, 0.5) is 0 Å². The van der Waals surface area contributed by atoms with Crippen LogP contribution in [0, 0.1) is 0 Å². The molecule has 0 N–H and O–H groups in total. The van der Waals surface area contributed by atoms with E-state index < -0.39 is 18.8 Å². The quantitative estimate of drug-likeness (QED) is 0.564. The van der Waals surface area contributed by atoms with Gasteiger partial charge in [0.15, 0.2) is 0 Å². The van der Waals surface area contributed by atoms with Crippen LogP contribution in [0.1, 0.15) is 59.3 Å². The van der Waals surface area contributed by atoms with E-state index in [1.165, 1.54) is 38.5 Å². The van der Waals surface area contributed by atoms with Gasteiger partial charge in [0.2, 0.25) is 0 Å². The molecule has 0 aliphatic carbocycles. The van der Waals surface area contributed by atoms with Gasteiger partial charge in [-0.25, -0.2) is 0 Å². The van der Waals surface area contributed by atoms with Crippen molar-refractivity contribution in [3.8, 4) is 0 Å². The summed E-state index contributed by atoms with van der Waals surface area (Å²) in [6.07, 6.45) is 7.23. The first kappa shape index (κ1) is 19.7. The van der Waals surface area contributed by atoms with Crippen LogP contribution in [0.3, 0.4) is 0 Å². The largest absolute Gasteiger partial charge is 1.00 e. The van der Waals surface area contributed by atoms with E-state index in [2.05, 4.69) is 20.8 Å². The summed E-state index contributed by atoms with van der Waals surface area (Å²) in [5.41, 5.74) is 0. The zero-order valence-electron chi connectivity index (χ0n) is 11.3.